The summed E-state index contributed by atoms with van der Waals surface area (Å²) in [5, 5.41) is 17.0. The van der Waals surface area contributed by atoms with Crippen LogP contribution < -0.4 is 4.74 Å². The molecule has 4 aromatic heterocycles. The van der Waals surface area contributed by atoms with Gasteiger partial charge in [0.1, 0.15) is 23.9 Å². The van der Waals surface area contributed by atoms with Gasteiger partial charge in [-0.2, -0.15) is 15.3 Å². The van der Waals surface area contributed by atoms with Crippen molar-refractivity contribution in [2.75, 3.05) is 0 Å². The summed E-state index contributed by atoms with van der Waals surface area (Å²) < 4.78 is 9.76. The molecule has 8 heteroatoms. The third-order valence-corrected chi connectivity index (χ3v) is 4.57. The lowest BCUT2D eigenvalue weighted by Gasteiger charge is -2.16. The maximum atomic E-state index is 6.20. The molecule has 8 nitrogen and oxygen atoms in total. The van der Waals surface area contributed by atoms with E-state index < -0.39 is 0 Å². The van der Waals surface area contributed by atoms with E-state index in [0.717, 1.165) is 39.3 Å². The zero-order chi connectivity index (χ0) is 18.4. The first kappa shape index (κ1) is 15.6. The highest BCUT2D eigenvalue weighted by atomic mass is 16.5. The number of fused-ring (bicyclic) bond motifs is 2. The molecule has 1 aromatic carbocycles. The Morgan fingerprint density at radius 3 is 2.93 bits per heavy atom. The molecule has 0 amide bonds. The van der Waals surface area contributed by atoms with Gasteiger partial charge in [-0.15, -0.1) is 0 Å². The van der Waals surface area contributed by atoms with Crippen LogP contribution in [-0.4, -0.2) is 34.6 Å². The number of rotatable bonds is 4. The summed E-state index contributed by atoms with van der Waals surface area (Å²) >= 11 is 0. The summed E-state index contributed by atoms with van der Waals surface area (Å²) in [6, 6.07) is 11.8. The molecule has 4 heterocycles. The van der Waals surface area contributed by atoms with E-state index in [1.54, 1.807) is 21.7 Å². The Kier molecular flexibility index (Phi) is 3.43. The number of pyridine rings is 1. The second kappa shape index (κ2) is 5.94. The van der Waals surface area contributed by atoms with E-state index in [-0.39, 0.29) is 6.10 Å². The number of aromatic amines is 1. The van der Waals surface area contributed by atoms with E-state index in [4.69, 9.17) is 4.74 Å². The molecular weight excluding hydrogens is 342 g/mol. The van der Waals surface area contributed by atoms with Crippen LogP contribution in [0.4, 0.5) is 0 Å². The molecule has 1 N–H and O–H groups in total. The van der Waals surface area contributed by atoms with Crippen molar-refractivity contribution >= 4 is 16.6 Å². The van der Waals surface area contributed by atoms with Gasteiger partial charge in [0.05, 0.1) is 17.4 Å². The van der Waals surface area contributed by atoms with Gasteiger partial charge in [-0.05, 0) is 37.3 Å². The minimum absolute atomic E-state index is 0.193. The fourth-order valence-corrected chi connectivity index (χ4v) is 3.27. The van der Waals surface area contributed by atoms with Gasteiger partial charge in [-0.25, -0.2) is 9.50 Å². The van der Waals surface area contributed by atoms with Gasteiger partial charge in [0.15, 0.2) is 5.65 Å². The van der Waals surface area contributed by atoms with E-state index in [1.807, 2.05) is 56.6 Å². The number of aryl methyl sites for hydroxylation is 1. The third kappa shape index (κ3) is 2.62. The number of nitrogens with zero attached hydrogens (tertiary/aromatic N) is 6. The van der Waals surface area contributed by atoms with Gasteiger partial charge in [0.25, 0.3) is 0 Å². The zero-order valence-electron chi connectivity index (χ0n) is 14.9. The van der Waals surface area contributed by atoms with Gasteiger partial charge >= 0.3 is 0 Å². The summed E-state index contributed by atoms with van der Waals surface area (Å²) in [6.07, 6.45) is 5.10. The molecule has 0 fully saturated rings. The second-order valence-corrected chi connectivity index (χ2v) is 6.42. The van der Waals surface area contributed by atoms with Gasteiger partial charge in [0, 0.05) is 24.2 Å². The van der Waals surface area contributed by atoms with Crippen molar-refractivity contribution in [3.63, 3.8) is 0 Å². The predicted octanol–water partition coefficient (Wildman–Crippen LogP) is 3.15. The topological polar surface area (TPSA) is 85.9 Å². The van der Waals surface area contributed by atoms with Crippen LogP contribution in [0.3, 0.4) is 0 Å². The van der Waals surface area contributed by atoms with E-state index in [1.165, 1.54) is 0 Å². The van der Waals surface area contributed by atoms with Crippen LogP contribution in [0.1, 0.15) is 18.7 Å². The molecule has 0 saturated heterocycles. The summed E-state index contributed by atoms with van der Waals surface area (Å²) in [5.74, 6) is 0.763. The molecule has 0 spiro atoms. The van der Waals surface area contributed by atoms with E-state index in [9.17, 15) is 0 Å². The van der Waals surface area contributed by atoms with Crippen molar-refractivity contribution in [3.8, 4) is 17.0 Å². The van der Waals surface area contributed by atoms with Crippen molar-refractivity contribution in [3.05, 3.63) is 60.8 Å². The first-order valence-electron chi connectivity index (χ1n) is 8.61. The Morgan fingerprint density at radius 2 is 2.07 bits per heavy atom. The van der Waals surface area contributed by atoms with Crippen LogP contribution in [0.2, 0.25) is 0 Å². The van der Waals surface area contributed by atoms with Crippen LogP contribution in [0, 0.1) is 0 Å². The monoisotopic (exact) mass is 359 g/mol. The maximum absolute atomic E-state index is 6.20. The summed E-state index contributed by atoms with van der Waals surface area (Å²) in [4.78, 5) is 4.23. The number of hydrogen-bond acceptors (Lipinski definition) is 5. The standard InChI is InChI=1S/C19H17N7O/c1-12(17-4-3-5-18-20-11-22-26(17)18)27-14-6-7-16-15(8-14)19(24-23-16)13-9-21-25(2)10-13/h3-12H,1-2H3,(H,23,24). The number of hydrogen-bond donors (Lipinski definition) is 1. The lowest BCUT2D eigenvalue weighted by Crippen LogP contribution is -2.09. The fraction of sp³-hybridized carbons (Fsp3) is 0.158. The number of H-pyrrole nitrogens is 1. The molecular formula is C19H17N7O. The maximum Gasteiger partial charge on any atom is 0.155 e. The van der Waals surface area contributed by atoms with E-state index in [0.29, 0.717) is 0 Å². The Hall–Kier alpha value is -3.68. The van der Waals surface area contributed by atoms with Gasteiger partial charge in [-0.1, -0.05) is 6.07 Å². The van der Waals surface area contributed by atoms with Gasteiger partial charge in [-0.3, -0.25) is 9.78 Å². The number of benzene rings is 1. The molecule has 0 radical (unpaired) electrons. The van der Waals surface area contributed by atoms with Crippen molar-refractivity contribution in [2.24, 2.45) is 7.05 Å². The molecule has 0 aliphatic heterocycles. The number of aromatic nitrogens is 7. The second-order valence-electron chi connectivity index (χ2n) is 6.42. The Bertz CT molecular complexity index is 1250. The van der Waals surface area contributed by atoms with E-state index >= 15 is 0 Å². The first-order chi connectivity index (χ1) is 13.2. The lowest BCUT2D eigenvalue weighted by molar-refractivity contribution is 0.219. The van der Waals surface area contributed by atoms with Crippen molar-refractivity contribution in [1.29, 1.82) is 0 Å². The molecule has 0 bridgehead atoms. The third-order valence-electron chi connectivity index (χ3n) is 4.57. The average molecular weight is 359 g/mol. The molecule has 5 aromatic rings. The van der Waals surface area contributed by atoms with Crippen LogP contribution >= 0.6 is 0 Å². The predicted molar refractivity (Wildman–Crippen MR) is 100 cm³/mol. The molecule has 134 valence electrons. The average Bonchev–Trinajstić information content (AvgIpc) is 3.39. The Morgan fingerprint density at radius 1 is 1.15 bits per heavy atom. The van der Waals surface area contributed by atoms with Crippen LogP contribution in [0.5, 0.6) is 5.75 Å². The molecule has 27 heavy (non-hydrogen) atoms. The van der Waals surface area contributed by atoms with Crippen molar-refractivity contribution in [2.45, 2.75) is 13.0 Å². The molecule has 0 saturated carbocycles. The van der Waals surface area contributed by atoms with Crippen molar-refractivity contribution < 1.29 is 4.74 Å². The first-order valence-corrected chi connectivity index (χ1v) is 8.61. The Labute approximate surface area is 154 Å². The summed E-state index contributed by atoms with van der Waals surface area (Å²) in [6.45, 7) is 2.00. The number of ether oxygens (including phenoxy) is 1. The lowest BCUT2D eigenvalue weighted by atomic mass is 10.1. The minimum Gasteiger partial charge on any atom is -0.484 e. The zero-order valence-corrected chi connectivity index (χ0v) is 14.9. The summed E-state index contributed by atoms with van der Waals surface area (Å²) in [5.41, 5.74) is 4.50. The highest BCUT2D eigenvalue weighted by Crippen LogP contribution is 2.30. The van der Waals surface area contributed by atoms with Crippen LogP contribution in [0.25, 0.3) is 27.8 Å². The SMILES string of the molecule is CC(Oc1ccc2[nH]nc(-c3cnn(C)c3)c2c1)c1cccc2ncnn12. The van der Waals surface area contributed by atoms with Gasteiger partial charge in [0.2, 0.25) is 0 Å². The molecule has 1 atom stereocenters. The fourth-order valence-electron chi connectivity index (χ4n) is 3.27. The van der Waals surface area contributed by atoms with Crippen LogP contribution in [-0.2, 0) is 7.05 Å². The molecule has 0 aliphatic carbocycles. The smallest absolute Gasteiger partial charge is 0.155 e. The quantitative estimate of drug-likeness (QED) is 0.533. The van der Waals surface area contributed by atoms with Crippen LogP contribution in [0.15, 0.2) is 55.1 Å². The van der Waals surface area contributed by atoms with E-state index in [2.05, 4.69) is 25.4 Å². The minimum atomic E-state index is -0.193. The number of nitrogens with one attached hydrogen (secondary N) is 1. The normalized spacial score (nSPS) is 12.7. The van der Waals surface area contributed by atoms with Gasteiger partial charge < -0.3 is 4.74 Å². The Balaban J connectivity index is 1.51. The van der Waals surface area contributed by atoms with Crippen molar-refractivity contribution in [1.82, 2.24) is 34.6 Å². The summed E-state index contributed by atoms with van der Waals surface area (Å²) in [7, 11) is 1.89. The largest absolute Gasteiger partial charge is 0.484 e. The highest BCUT2D eigenvalue weighted by molar-refractivity contribution is 5.93. The highest BCUT2D eigenvalue weighted by Gasteiger charge is 2.15. The molecule has 5 rings (SSSR count). The molecule has 1 unspecified atom stereocenters. The molecule has 0 aliphatic rings.